The summed E-state index contributed by atoms with van der Waals surface area (Å²) in [6.07, 6.45) is 4.14. The van der Waals surface area contributed by atoms with Crippen molar-refractivity contribution in [2.45, 2.75) is 27.7 Å². The summed E-state index contributed by atoms with van der Waals surface area (Å²) >= 11 is 0. The van der Waals surface area contributed by atoms with Crippen LogP contribution in [0.25, 0.3) is 23.6 Å². The predicted octanol–water partition coefficient (Wildman–Crippen LogP) is -0.239. The molecule has 0 fully saturated rings. The molecule has 0 bridgehead atoms. The average Bonchev–Trinajstić information content (AvgIpc) is 2.48. The Morgan fingerprint density at radius 2 is 2.14 bits per heavy atom. The number of aromatic nitrogens is 1. The van der Waals surface area contributed by atoms with E-state index in [1.165, 1.54) is 5.56 Å². The van der Waals surface area contributed by atoms with Crippen molar-refractivity contribution < 1.29 is 9.41 Å². The highest BCUT2D eigenvalue weighted by Crippen LogP contribution is 2.14. The fraction of sp³-hybridized carbons (Fsp3) is 0.389. The third kappa shape index (κ3) is 2.61. The SMILES string of the molecule is CCN=C1C=c2oc3cc(=[NH+]CC)c(C)cc-3nc2=CC1C. The summed E-state index contributed by atoms with van der Waals surface area (Å²) < 4.78 is 6.08. The summed E-state index contributed by atoms with van der Waals surface area (Å²) in [5.74, 6) is 1.07. The number of aryl methyl sites for hydroxylation is 1. The Labute approximate surface area is 130 Å². The van der Waals surface area contributed by atoms with Gasteiger partial charge in [0.25, 0.3) is 0 Å². The quantitative estimate of drug-likeness (QED) is 0.832. The molecule has 3 aliphatic rings. The summed E-state index contributed by atoms with van der Waals surface area (Å²) in [5.41, 5.74) is 3.92. The Bertz CT molecular complexity index is 890. The van der Waals surface area contributed by atoms with Crippen LogP contribution in [0, 0.1) is 12.8 Å². The first-order chi connectivity index (χ1) is 10.6. The highest BCUT2D eigenvalue weighted by atomic mass is 16.3. The third-order valence-corrected chi connectivity index (χ3v) is 3.88. The van der Waals surface area contributed by atoms with E-state index in [2.05, 4.69) is 42.9 Å². The minimum absolute atomic E-state index is 0.273. The normalized spacial score (nSPS) is 19.9. The van der Waals surface area contributed by atoms with E-state index in [0.717, 1.165) is 46.4 Å². The fourth-order valence-corrected chi connectivity index (χ4v) is 2.76. The number of benzene rings is 1. The van der Waals surface area contributed by atoms with Crippen LogP contribution < -0.4 is 21.1 Å². The summed E-state index contributed by atoms with van der Waals surface area (Å²) in [6, 6.07) is 4.11. The lowest BCUT2D eigenvalue weighted by atomic mass is 10.0. The average molecular weight is 296 g/mol. The second-order valence-electron chi connectivity index (χ2n) is 5.63. The van der Waals surface area contributed by atoms with Gasteiger partial charge in [-0.2, -0.15) is 0 Å². The Kier molecular flexibility index (Phi) is 3.92. The summed E-state index contributed by atoms with van der Waals surface area (Å²) in [7, 11) is 0. The minimum Gasteiger partial charge on any atom is -0.453 e. The van der Waals surface area contributed by atoms with Crippen molar-refractivity contribution in [2.75, 3.05) is 13.1 Å². The molecule has 4 heteroatoms. The highest BCUT2D eigenvalue weighted by molar-refractivity contribution is 6.14. The van der Waals surface area contributed by atoms with Gasteiger partial charge in [0.05, 0.1) is 6.07 Å². The molecule has 1 heterocycles. The first-order valence-corrected chi connectivity index (χ1v) is 7.88. The minimum atomic E-state index is 0.273. The molecule has 1 aliphatic heterocycles. The zero-order chi connectivity index (χ0) is 15.7. The second kappa shape index (κ2) is 5.87. The van der Waals surface area contributed by atoms with Crippen molar-refractivity contribution in [2.24, 2.45) is 10.9 Å². The van der Waals surface area contributed by atoms with Gasteiger partial charge in [0.1, 0.15) is 17.6 Å². The number of aliphatic imine (C=N–C) groups is 1. The standard InChI is InChI=1S/C18H21N3O/c1-5-19-13-9-17-15(7-11(13)3)21-16-8-12(4)14(20-6-2)10-18(16)22-17/h7-11H,5-6H2,1-4H3/p+1. The van der Waals surface area contributed by atoms with Crippen LogP contribution in [-0.4, -0.2) is 23.8 Å². The molecule has 2 aliphatic carbocycles. The molecule has 0 aromatic carbocycles. The third-order valence-electron chi connectivity index (χ3n) is 3.88. The predicted molar refractivity (Wildman–Crippen MR) is 87.8 cm³/mol. The number of fused-ring (bicyclic) bond motifs is 2. The number of rotatable bonds is 2. The number of nitrogens with zero attached hydrogens (tertiary/aromatic N) is 2. The summed E-state index contributed by atoms with van der Waals surface area (Å²) in [4.78, 5) is 12.6. The van der Waals surface area contributed by atoms with E-state index in [1.54, 1.807) is 0 Å². The Hall–Kier alpha value is -2.23. The van der Waals surface area contributed by atoms with Gasteiger partial charge in [0.15, 0.2) is 11.2 Å². The molecule has 1 atom stereocenters. The zero-order valence-corrected chi connectivity index (χ0v) is 13.6. The smallest absolute Gasteiger partial charge is 0.205 e. The molecule has 0 saturated heterocycles. The molecule has 4 nitrogen and oxygen atoms in total. The van der Waals surface area contributed by atoms with E-state index in [9.17, 15) is 0 Å². The van der Waals surface area contributed by atoms with E-state index < -0.39 is 0 Å². The maximum Gasteiger partial charge on any atom is 0.205 e. The van der Waals surface area contributed by atoms with Crippen LogP contribution in [0.1, 0.15) is 26.3 Å². The zero-order valence-electron chi connectivity index (χ0n) is 13.6. The van der Waals surface area contributed by atoms with E-state index in [0.29, 0.717) is 0 Å². The van der Waals surface area contributed by atoms with Crippen molar-refractivity contribution in [3.05, 3.63) is 33.8 Å². The molecule has 0 aromatic rings. The molecular weight excluding hydrogens is 274 g/mol. The largest absolute Gasteiger partial charge is 0.453 e. The van der Waals surface area contributed by atoms with Gasteiger partial charge in [-0.3, -0.25) is 4.99 Å². The summed E-state index contributed by atoms with van der Waals surface area (Å²) in [6.45, 7) is 10.0. The lowest BCUT2D eigenvalue weighted by Gasteiger charge is -2.12. The van der Waals surface area contributed by atoms with Crippen LogP contribution >= 0.6 is 0 Å². The monoisotopic (exact) mass is 296 g/mol. The van der Waals surface area contributed by atoms with Crippen molar-refractivity contribution in [3.63, 3.8) is 0 Å². The van der Waals surface area contributed by atoms with E-state index in [-0.39, 0.29) is 5.92 Å². The van der Waals surface area contributed by atoms with Gasteiger partial charge >= 0.3 is 0 Å². The Morgan fingerprint density at radius 1 is 1.32 bits per heavy atom. The first-order valence-electron chi connectivity index (χ1n) is 7.88. The van der Waals surface area contributed by atoms with Gasteiger partial charge in [0.2, 0.25) is 5.36 Å². The number of nitrogens with one attached hydrogen (secondary N) is 1. The lowest BCUT2D eigenvalue weighted by molar-refractivity contribution is -0.496. The van der Waals surface area contributed by atoms with Crippen LogP contribution in [-0.2, 0) is 0 Å². The molecule has 1 N–H and O–H groups in total. The maximum atomic E-state index is 6.08. The van der Waals surface area contributed by atoms with E-state index in [4.69, 9.17) is 9.40 Å². The number of hydrogen-bond donors (Lipinski definition) is 1. The summed E-state index contributed by atoms with van der Waals surface area (Å²) in [5, 5.41) is 2.00. The molecule has 0 radical (unpaired) electrons. The van der Waals surface area contributed by atoms with Gasteiger partial charge in [-0.1, -0.05) is 6.92 Å². The molecule has 22 heavy (non-hydrogen) atoms. The highest BCUT2D eigenvalue weighted by Gasteiger charge is 2.15. The van der Waals surface area contributed by atoms with Crippen LogP contribution in [0.4, 0.5) is 0 Å². The molecule has 3 rings (SSSR count). The molecule has 0 amide bonds. The van der Waals surface area contributed by atoms with Crippen LogP contribution in [0.15, 0.2) is 21.5 Å². The van der Waals surface area contributed by atoms with Crippen LogP contribution in [0.3, 0.4) is 0 Å². The fourth-order valence-electron chi connectivity index (χ4n) is 2.76. The second-order valence-corrected chi connectivity index (χ2v) is 5.63. The molecule has 0 spiro atoms. The van der Waals surface area contributed by atoms with E-state index >= 15 is 0 Å². The van der Waals surface area contributed by atoms with Gasteiger partial charge in [-0.15, -0.1) is 0 Å². The maximum absolute atomic E-state index is 6.08. The molecular formula is C18H22N3O+. The first kappa shape index (κ1) is 14.7. The molecule has 114 valence electrons. The van der Waals surface area contributed by atoms with Crippen molar-refractivity contribution in [3.8, 4) is 11.5 Å². The lowest BCUT2D eigenvalue weighted by Crippen LogP contribution is -2.76. The van der Waals surface area contributed by atoms with Crippen LogP contribution in [0.5, 0.6) is 0 Å². The Balaban J connectivity index is 2.30. The van der Waals surface area contributed by atoms with Crippen LogP contribution in [0.2, 0.25) is 0 Å². The van der Waals surface area contributed by atoms with Gasteiger partial charge < -0.3 is 4.42 Å². The molecule has 0 saturated carbocycles. The van der Waals surface area contributed by atoms with Gasteiger partial charge in [-0.25, -0.2) is 9.98 Å². The van der Waals surface area contributed by atoms with Gasteiger partial charge in [-0.05, 0) is 32.9 Å². The molecule has 1 unspecified atom stereocenters. The Morgan fingerprint density at radius 3 is 2.86 bits per heavy atom. The van der Waals surface area contributed by atoms with Crippen molar-refractivity contribution in [1.82, 2.24) is 4.98 Å². The topological polar surface area (TPSA) is 52.4 Å². The van der Waals surface area contributed by atoms with Crippen molar-refractivity contribution >= 4 is 17.9 Å². The number of hydrogen-bond acceptors (Lipinski definition) is 3. The van der Waals surface area contributed by atoms with E-state index in [1.807, 2.05) is 19.1 Å². The van der Waals surface area contributed by atoms with Gasteiger partial charge in [0, 0.05) is 29.8 Å². The van der Waals surface area contributed by atoms with Crippen molar-refractivity contribution in [1.29, 1.82) is 0 Å². The molecule has 0 aromatic heterocycles.